The Balaban J connectivity index is 0. The van der Waals surface area contributed by atoms with E-state index in [4.69, 9.17) is 15.9 Å². The summed E-state index contributed by atoms with van der Waals surface area (Å²) in [7, 11) is 0. The zero-order valence-corrected chi connectivity index (χ0v) is 11.9. The van der Waals surface area contributed by atoms with E-state index in [1.165, 1.54) is 6.92 Å². The highest BCUT2D eigenvalue weighted by atomic mass is 16.6. The van der Waals surface area contributed by atoms with E-state index >= 15 is 0 Å². The molecule has 18 heavy (non-hydrogen) atoms. The molecular formula is C15H22O3. The van der Waals surface area contributed by atoms with E-state index in [1.807, 2.05) is 13.8 Å². The Morgan fingerprint density at radius 2 is 1.89 bits per heavy atom. The third-order valence-electron chi connectivity index (χ3n) is 1.45. The van der Waals surface area contributed by atoms with E-state index in [1.54, 1.807) is 26.0 Å². The van der Waals surface area contributed by atoms with Crippen molar-refractivity contribution in [2.75, 3.05) is 6.61 Å². The zero-order valence-electron chi connectivity index (χ0n) is 11.9. The zero-order chi connectivity index (χ0) is 14.6. The molecule has 0 heterocycles. The van der Waals surface area contributed by atoms with Gasteiger partial charge in [0.1, 0.15) is 6.61 Å². The number of terminal acetylenes is 1. The number of carbonyl (C=O) groups is 1. The molecule has 0 spiro atoms. The highest BCUT2D eigenvalue weighted by Gasteiger charge is 2.09. The van der Waals surface area contributed by atoms with Gasteiger partial charge in [-0.15, -0.1) is 6.42 Å². The van der Waals surface area contributed by atoms with Crippen LogP contribution in [-0.4, -0.2) is 12.6 Å². The fourth-order valence-electron chi connectivity index (χ4n) is 0.933. The number of allylic oxidation sites excluding steroid dienone is 3. The Morgan fingerprint density at radius 1 is 1.33 bits per heavy atom. The Morgan fingerprint density at radius 3 is 2.22 bits per heavy atom. The Labute approximate surface area is 110 Å². The van der Waals surface area contributed by atoms with Gasteiger partial charge in [-0.3, -0.25) is 4.79 Å². The van der Waals surface area contributed by atoms with E-state index in [2.05, 4.69) is 12.5 Å². The quantitative estimate of drug-likeness (QED) is 0.324. The standard InChI is InChI=1S/C13H16O3.C2H6/c1-6-8-15-13(9-10(3)4)12(7-2)16-11(5)14;1-2/h1,7,9H,3,8H2,2,4-5H3;1-2H3/b12-7+,13-9+;. The maximum absolute atomic E-state index is 10.9. The summed E-state index contributed by atoms with van der Waals surface area (Å²) in [5.41, 5.74) is 0.776. The van der Waals surface area contributed by atoms with Gasteiger partial charge >= 0.3 is 5.97 Å². The van der Waals surface area contributed by atoms with Crippen LogP contribution in [-0.2, 0) is 14.3 Å². The van der Waals surface area contributed by atoms with Crippen molar-refractivity contribution in [2.45, 2.75) is 34.6 Å². The minimum Gasteiger partial charge on any atom is -0.477 e. The summed E-state index contributed by atoms with van der Waals surface area (Å²) in [6.07, 6.45) is 8.39. The first kappa shape index (κ1) is 18.4. The first-order chi connectivity index (χ1) is 8.51. The van der Waals surface area contributed by atoms with Gasteiger partial charge in [0.25, 0.3) is 0 Å². The predicted octanol–water partition coefficient (Wildman–Crippen LogP) is 3.59. The van der Waals surface area contributed by atoms with Crippen LogP contribution >= 0.6 is 0 Å². The molecule has 0 unspecified atom stereocenters. The molecule has 0 N–H and O–H groups in total. The van der Waals surface area contributed by atoms with Gasteiger partial charge in [-0.05, 0) is 26.0 Å². The van der Waals surface area contributed by atoms with Crippen molar-refractivity contribution in [2.24, 2.45) is 0 Å². The number of hydrogen-bond donors (Lipinski definition) is 0. The van der Waals surface area contributed by atoms with Crippen LogP contribution in [0.1, 0.15) is 34.6 Å². The lowest BCUT2D eigenvalue weighted by atomic mass is 10.2. The number of rotatable bonds is 5. The maximum atomic E-state index is 10.9. The minimum absolute atomic E-state index is 0.109. The molecule has 0 aliphatic rings. The SMILES string of the molecule is C#CCOC(=C/C(=C)C)/C(=C\C)OC(C)=O.CC. The second-order valence-corrected chi connectivity index (χ2v) is 3.09. The smallest absolute Gasteiger partial charge is 0.308 e. The molecule has 0 aromatic rings. The van der Waals surface area contributed by atoms with Crippen LogP contribution in [0.15, 0.2) is 35.8 Å². The number of carbonyl (C=O) groups excluding carboxylic acids is 1. The maximum Gasteiger partial charge on any atom is 0.308 e. The fraction of sp³-hybridized carbons (Fsp3) is 0.400. The van der Waals surface area contributed by atoms with Crippen LogP contribution in [0.3, 0.4) is 0 Å². The number of hydrogen-bond acceptors (Lipinski definition) is 3. The van der Waals surface area contributed by atoms with Gasteiger partial charge < -0.3 is 9.47 Å². The molecule has 0 saturated heterocycles. The average Bonchev–Trinajstić information content (AvgIpc) is 2.33. The first-order valence-corrected chi connectivity index (χ1v) is 5.79. The van der Waals surface area contributed by atoms with E-state index in [9.17, 15) is 4.79 Å². The van der Waals surface area contributed by atoms with E-state index in [0.717, 1.165) is 5.57 Å². The largest absolute Gasteiger partial charge is 0.477 e. The molecule has 0 saturated carbocycles. The Bertz CT molecular complexity index is 368. The molecule has 0 bridgehead atoms. The number of ether oxygens (including phenoxy) is 2. The fourth-order valence-corrected chi connectivity index (χ4v) is 0.933. The molecule has 0 radical (unpaired) electrons. The Hall–Kier alpha value is -1.95. The third kappa shape index (κ3) is 9.29. The van der Waals surface area contributed by atoms with Crippen molar-refractivity contribution < 1.29 is 14.3 Å². The molecular weight excluding hydrogens is 228 g/mol. The molecule has 0 aromatic carbocycles. The summed E-state index contributed by atoms with van der Waals surface area (Å²) in [4.78, 5) is 10.9. The van der Waals surface area contributed by atoms with Gasteiger partial charge in [0.05, 0.1) is 0 Å². The summed E-state index contributed by atoms with van der Waals surface area (Å²) < 4.78 is 10.3. The topological polar surface area (TPSA) is 35.5 Å². The second kappa shape index (κ2) is 11.5. The van der Waals surface area contributed by atoms with Gasteiger partial charge in [0.15, 0.2) is 11.5 Å². The van der Waals surface area contributed by atoms with Gasteiger partial charge in [-0.25, -0.2) is 0 Å². The van der Waals surface area contributed by atoms with Gasteiger partial charge in [0.2, 0.25) is 0 Å². The summed E-state index contributed by atoms with van der Waals surface area (Å²) in [5, 5.41) is 0. The molecule has 0 fully saturated rings. The van der Waals surface area contributed by atoms with Crippen molar-refractivity contribution >= 4 is 5.97 Å². The lowest BCUT2D eigenvalue weighted by Gasteiger charge is -2.11. The average molecular weight is 250 g/mol. The molecule has 0 rings (SSSR count). The van der Waals surface area contributed by atoms with Crippen molar-refractivity contribution in [3.8, 4) is 12.3 Å². The van der Waals surface area contributed by atoms with Crippen LogP contribution < -0.4 is 0 Å². The first-order valence-electron chi connectivity index (χ1n) is 5.79. The third-order valence-corrected chi connectivity index (χ3v) is 1.45. The van der Waals surface area contributed by atoms with Gasteiger partial charge in [-0.2, -0.15) is 0 Å². The van der Waals surface area contributed by atoms with Crippen molar-refractivity contribution in [3.05, 3.63) is 35.8 Å². The second-order valence-electron chi connectivity index (χ2n) is 3.09. The van der Waals surface area contributed by atoms with Crippen LogP contribution in [0.4, 0.5) is 0 Å². The van der Waals surface area contributed by atoms with Crippen LogP contribution in [0.2, 0.25) is 0 Å². The summed E-state index contributed by atoms with van der Waals surface area (Å²) >= 11 is 0. The van der Waals surface area contributed by atoms with E-state index in [0.29, 0.717) is 11.5 Å². The van der Waals surface area contributed by atoms with Crippen LogP contribution in [0.5, 0.6) is 0 Å². The summed E-state index contributed by atoms with van der Waals surface area (Å²) in [6, 6.07) is 0. The molecule has 0 aromatic heterocycles. The monoisotopic (exact) mass is 250 g/mol. The Kier molecular flexibility index (Phi) is 11.8. The molecule has 0 atom stereocenters. The van der Waals surface area contributed by atoms with E-state index in [-0.39, 0.29) is 6.61 Å². The van der Waals surface area contributed by atoms with Crippen molar-refractivity contribution in [1.29, 1.82) is 0 Å². The van der Waals surface area contributed by atoms with Gasteiger partial charge in [0, 0.05) is 6.92 Å². The summed E-state index contributed by atoms with van der Waals surface area (Å²) in [5.74, 6) is 2.68. The number of esters is 1. The molecule has 0 aliphatic carbocycles. The molecule has 3 heteroatoms. The lowest BCUT2D eigenvalue weighted by molar-refractivity contribution is -0.137. The van der Waals surface area contributed by atoms with Crippen molar-refractivity contribution in [1.82, 2.24) is 0 Å². The van der Waals surface area contributed by atoms with Crippen LogP contribution in [0, 0.1) is 12.3 Å². The molecule has 100 valence electrons. The lowest BCUT2D eigenvalue weighted by Crippen LogP contribution is -2.05. The minimum atomic E-state index is -0.412. The van der Waals surface area contributed by atoms with Crippen molar-refractivity contribution in [3.63, 3.8) is 0 Å². The van der Waals surface area contributed by atoms with E-state index < -0.39 is 5.97 Å². The summed E-state index contributed by atoms with van der Waals surface area (Å²) in [6.45, 7) is 12.7. The molecule has 3 nitrogen and oxygen atoms in total. The molecule has 0 aliphatic heterocycles. The predicted molar refractivity (Wildman–Crippen MR) is 74.6 cm³/mol. The highest BCUT2D eigenvalue weighted by Crippen LogP contribution is 2.15. The van der Waals surface area contributed by atoms with Gasteiger partial charge in [-0.1, -0.05) is 31.9 Å². The highest BCUT2D eigenvalue weighted by molar-refractivity contribution is 5.68. The molecule has 0 amide bonds. The normalized spacial score (nSPS) is 10.7. The van der Waals surface area contributed by atoms with Crippen LogP contribution in [0.25, 0.3) is 0 Å².